The van der Waals surface area contributed by atoms with Gasteiger partial charge in [0.1, 0.15) is 0 Å². The van der Waals surface area contributed by atoms with E-state index in [0.717, 1.165) is 72.7 Å². The van der Waals surface area contributed by atoms with E-state index in [1.807, 2.05) is 62.8 Å². The van der Waals surface area contributed by atoms with Crippen molar-refractivity contribution in [2.75, 3.05) is 7.05 Å². The molecule has 9 rings (SSSR count). The highest BCUT2D eigenvalue weighted by atomic mass is 15.2. The maximum absolute atomic E-state index is 4.67. The van der Waals surface area contributed by atoms with Gasteiger partial charge in [0.25, 0.3) is 16.9 Å². The minimum atomic E-state index is -0.775. The number of aromatic nitrogens is 6. The van der Waals surface area contributed by atoms with Crippen LogP contribution in [0.5, 0.6) is 0 Å². The molecule has 214 valence electrons. The van der Waals surface area contributed by atoms with Crippen molar-refractivity contribution in [1.29, 1.82) is 0 Å². The first kappa shape index (κ1) is 25.6. The smallest absolute Gasteiger partial charge is 0.281 e. The van der Waals surface area contributed by atoms with E-state index in [-0.39, 0.29) is 0 Å². The average Bonchev–Trinajstić information content (AvgIpc) is 3.85. The number of nitrogens with zero attached hydrogens (tertiary/aromatic N) is 7. The van der Waals surface area contributed by atoms with Gasteiger partial charge in [-0.15, -0.1) is 0 Å². The Bertz CT molecular complexity index is 2220. The molecule has 0 saturated heterocycles. The molecule has 45 heavy (non-hydrogen) atoms. The Morgan fingerprint density at radius 2 is 1.16 bits per heavy atom. The van der Waals surface area contributed by atoms with Gasteiger partial charge in [-0.05, 0) is 75.3 Å². The normalized spacial score (nSPS) is 16.5. The van der Waals surface area contributed by atoms with E-state index in [4.69, 9.17) is 0 Å². The molecular formula is C37H28N8+2. The van der Waals surface area contributed by atoms with E-state index in [1.54, 1.807) is 0 Å². The van der Waals surface area contributed by atoms with Crippen LogP contribution in [0.15, 0.2) is 122 Å². The quantitative estimate of drug-likeness (QED) is 0.268. The number of aromatic amines is 1. The van der Waals surface area contributed by atoms with Crippen LogP contribution in [0, 0.1) is 0 Å². The van der Waals surface area contributed by atoms with Crippen molar-refractivity contribution < 1.29 is 9.15 Å². The zero-order valence-corrected chi connectivity index (χ0v) is 25.0. The Balaban J connectivity index is 1.42. The molecule has 0 bridgehead atoms. The molecule has 1 aliphatic heterocycles. The van der Waals surface area contributed by atoms with Crippen molar-refractivity contribution in [3.63, 3.8) is 0 Å². The molecule has 3 aliphatic rings. The van der Waals surface area contributed by atoms with Gasteiger partial charge in [0, 0.05) is 75.2 Å². The summed E-state index contributed by atoms with van der Waals surface area (Å²) < 4.78 is 4.34. The lowest BCUT2D eigenvalue weighted by atomic mass is 9.69. The van der Waals surface area contributed by atoms with Crippen LogP contribution in [0.4, 0.5) is 0 Å². The predicted octanol–water partition coefficient (Wildman–Crippen LogP) is 5.72. The number of benzene rings is 1. The van der Waals surface area contributed by atoms with Crippen molar-refractivity contribution in [2.45, 2.75) is 24.8 Å². The van der Waals surface area contributed by atoms with Crippen LogP contribution >= 0.6 is 0 Å². The minimum Gasteiger partial charge on any atom is -0.281 e. The summed E-state index contributed by atoms with van der Waals surface area (Å²) in [5.74, 6) is 0. The molecule has 2 aliphatic carbocycles. The lowest BCUT2D eigenvalue weighted by molar-refractivity contribution is -0.548. The Morgan fingerprint density at radius 3 is 1.67 bits per heavy atom. The lowest BCUT2D eigenvalue weighted by Gasteiger charge is -2.33. The Labute approximate surface area is 259 Å². The van der Waals surface area contributed by atoms with Crippen molar-refractivity contribution in [1.82, 2.24) is 30.1 Å². The third kappa shape index (κ3) is 3.08. The van der Waals surface area contributed by atoms with Gasteiger partial charge in [-0.3, -0.25) is 25.0 Å². The van der Waals surface area contributed by atoms with E-state index in [1.165, 1.54) is 0 Å². The molecular weight excluding hydrogens is 556 g/mol. The van der Waals surface area contributed by atoms with Crippen molar-refractivity contribution >= 4 is 6.01 Å². The summed E-state index contributed by atoms with van der Waals surface area (Å²) in [6.45, 7) is 4.30. The second kappa shape index (κ2) is 9.08. The number of rotatable bonds is 4. The first-order valence-electron chi connectivity index (χ1n) is 14.9. The summed E-state index contributed by atoms with van der Waals surface area (Å²) >= 11 is 0. The van der Waals surface area contributed by atoms with Gasteiger partial charge in [0.05, 0.1) is 22.2 Å². The number of allylic oxidation sites excluding steroid dienone is 2. The van der Waals surface area contributed by atoms with Gasteiger partial charge in [0.2, 0.25) is 0 Å². The lowest BCUT2D eigenvalue weighted by Crippen LogP contribution is -2.40. The van der Waals surface area contributed by atoms with Crippen LogP contribution in [-0.2, 0) is 11.0 Å². The molecule has 0 saturated carbocycles. The standard InChI is InChI=1S/C37H28N8/c1-23-24(2)45(22-44(23)3)37(33-20-40-14-9-29(33)30-10-15-41-21-34(30)37)26-6-4-5-25(17-26)36(35-11-16-42-43-35)31-18-38-12-7-27(31)28-8-13-39-19-32(28)36/h4-21H,1-3H3,(H,42,43)/q+2. The maximum atomic E-state index is 4.67. The largest absolute Gasteiger partial charge is 0.490 e. The number of pyridine rings is 4. The van der Waals surface area contributed by atoms with Crippen LogP contribution in [0.25, 0.3) is 22.3 Å². The van der Waals surface area contributed by atoms with E-state index in [9.17, 15) is 0 Å². The molecule has 5 aromatic heterocycles. The molecule has 0 atom stereocenters. The van der Waals surface area contributed by atoms with E-state index < -0.39 is 11.0 Å². The molecule has 8 nitrogen and oxygen atoms in total. The van der Waals surface area contributed by atoms with E-state index in [0.29, 0.717) is 0 Å². The van der Waals surface area contributed by atoms with Crippen molar-refractivity contribution in [3.8, 4) is 22.3 Å². The average molecular weight is 585 g/mol. The number of fused-ring (bicyclic) bond motifs is 6. The zero-order chi connectivity index (χ0) is 30.3. The monoisotopic (exact) mass is 584 g/mol. The second-order valence-corrected chi connectivity index (χ2v) is 11.9. The highest BCUT2D eigenvalue weighted by molar-refractivity contribution is 5.86. The highest BCUT2D eigenvalue weighted by Crippen LogP contribution is 2.57. The van der Waals surface area contributed by atoms with Crippen LogP contribution in [0.1, 0.15) is 52.9 Å². The van der Waals surface area contributed by atoms with E-state index in [2.05, 4.69) is 114 Å². The number of nitrogens with one attached hydrogen (secondary N) is 1. The fourth-order valence-corrected chi connectivity index (χ4v) is 7.89. The maximum Gasteiger partial charge on any atom is 0.490 e. The second-order valence-electron chi connectivity index (χ2n) is 11.9. The van der Waals surface area contributed by atoms with Crippen LogP contribution in [-0.4, -0.2) is 52.3 Å². The van der Waals surface area contributed by atoms with Crippen LogP contribution in [0.2, 0.25) is 0 Å². The fourth-order valence-electron chi connectivity index (χ4n) is 7.89. The third-order valence-corrected chi connectivity index (χ3v) is 10.0. The molecule has 0 unspecified atom stereocenters. The molecule has 0 fully saturated rings. The van der Waals surface area contributed by atoms with Crippen LogP contribution in [0.3, 0.4) is 0 Å². The SMILES string of the molecule is CC1=C(C)[N+](C2(c3cccc(C4(c5ccn[nH]5)c5cnccc5-c5ccncc54)c3)c3cnccc3-c3ccncc32)=C=[N+]1C. The third-order valence-electron chi connectivity index (χ3n) is 10.0. The summed E-state index contributed by atoms with van der Waals surface area (Å²) in [6, 6.07) is 23.1. The van der Waals surface area contributed by atoms with Gasteiger partial charge in [-0.25, -0.2) is 0 Å². The molecule has 0 amide bonds. The first-order valence-corrected chi connectivity index (χ1v) is 14.9. The summed E-state index contributed by atoms with van der Waals surface area (Å²) in [7, 11) is 2.05. The Kier molecular flexibility index (Phi) is 5.17. The molecule has 6 aromatic rings. The van der Waals surface area contributed by atoms with Crippen molar-refractivity contribution in [3.05, 3.63) is 161 Å². The summed E-state index contributed by atoms with van der Waals surface area (Å²) in [4.78, 5) is 18.6. The Hall–Kier alpha value is -5.85. The molecule has 0 radical (unpaired) electrons. The summed E-state index contributed by atoms with van der Waals surface area (Å²) in [5, 5.41) is 7.77. The van der Waals surface area contributed by atoms with Crippen molar-refractivity contribution in [2.24, 2.45) is 0 Å². The minimum absolute atomic E-state index is 0.717. The van der Waals surface area contributed by atoms with Gasteiger partial charge in [0.15, 0.2) is 7.05 Å². The Morgan fingerprint density at radius 1 is 0.622 bits per heavy atom. The highest BCUT2D eigenvalue weighted by Gasteiger charge is 2.59. The van der Waals surface area contributed by atoms with Gasteiger partial charge >= 0.3 is 6.01 Å². The number of hydrogen-bond donors (Lipinski definition) is 1. The van der Waals surface area contributed by atoms with Crippen LogP contribution < -0.4 is 0 Å². The molecule has 0 spiro atoms. The van der Waals surface area contributed by atoms with Gasteiger partial charge < -0.3 is 0 Å². The topological polar surface area (TPSA) is 86.3 Å². The molecule has 1 aromatic carbocycles. The van der Waals surface area contributed by atoms with Gasteiger partial charge in [-0.2, -0.15) is 5.10 Å². The first-order chi connectivity index (χ1) is 22.1. The molecule has 6 heterocycles. The molecule has 8 heteroatoms. The predicted molar refractivity (Wildman–Crippen MR) is 169 cm³/mol. The molecule has 1 N–H and O–H groups in total. The fraction of sp³-hybridized carbons (Fsp3) is 0.135. The summed E-state index contributed by atoms with van der Waals surface area (Å²) in [5.41, 5.74) is 12.8. The van der Waals surface area contributed by atoms with E-state index >= 15 is 0 Å². The number of H-pyrrole nitrogens is 1. The number of hydrogen-bond acceptors (Lipinski definition) is 5. The summed E-state index contributed by atoms with van der Waals surface area (Å²) in [6.07, 6.45) is 17.2. The zero-order valence-electron chi connectivity index (χ0n) is 25.0. The van der Waals surface area contributed by atoms with Gasteiger partial charge in [-0.1, -0.05) is 27.4 Å².